The van der Waals surface area contributed by atoms with Crippen LogP contribution in [0.4, 0.5) is 0 Å². The number of ketones is 2. The van der Waals surface area contributed by atoms with Gasteiger partial charge in [0.05, 0.1) is 11.6 Å². The van der Waals surface area contributed by atoms with Crippen molar-refractivity contribution < 1.29 is 34.8 Å². The van der Waals surface area contributed by atoms with E-state index in [1.54, 1.807) is 20.2 Å². The highest BCUT2D eigenvalue weighted by Crippen LogP contribution is 2.53. The molecule has 10 heteroatoms. The molecule has 0 bridgehead atoms. The number of primary amides is 1. The van der Waals surface area contributed by atoms with Crippen molar-refractivity contribution in [2.45, 2.75) is 31.4 Å². The molecule has 4 atom stereocenters. The van der Waals surface area contributed by atoms with Crippen LogP contribution in [0.25, 0.3) is 16.2 Å². The Morgan fingerprint density at radius 3 is 2.47 bits per heavy atom. The zero-order valence-corrected chi connectivity index (χ0v) is 20.7. The van der Waals surface area contributed by atoms with Crippen molar-refractivity contribution in [2.24, 2.45) is 17.6 Å². The Kier molecular flexibility index (Phi) is 5.40. The number of hydrogen-bond donors (Lipinski definition) is 5. The number of nitrogens with two attached hydrogens (primary N) is 1. The van der Waals surface area contributed by atoms with Gasteiger partial charge in [-0.05, 0) is 80.0 Å². The lowest BCUT2D eigenvalue weighted by molar-refractivity contribution is -0.153. The van der Waals surface area contributed by atoms with Crippen molar-refractivity contribution in [1.82, 2.24) is 4.90 Å². The first-order valence-electron chi connectivity index (χ1n) is 11.4. The molecule has 1 aromatic heterocycles. The summed E-state index contributed by atoms with van der Waals surface area (Å²) in [6.45, 7) is 1.96. The van der Waals surface area contributed by atoms with Crippen molar-refractivity contribution in [3.63, 3.8) is 0 Å². The first-order valence-corrected chi connectivity index (χ1v) is 12.3. The van der Waals surface area contributed by atoms with Gasteiger partial charge in [-0.3, -0.25) is 19.3 Å². The van der Waals surface area contributed by atoms with Crippen LogP contribution in [-0.4, -0.2) is 68.5 Å². The zero-order valence-electron chi connectivity index (χ0n) is 19.9. The molecule has 1 amide bonds. The Hall–Kier alpha value is -3.47. The first kappa shape index (κ1) is 24.2. The van der Waals surface area contributed by atoms with Gasteiger partial charge in [-0.25, -0.2) is 0 Å². The number of fused-ring (bicyclic) bond motifs is 3. The number of phenols is 1. The van der Waals surface area contributed by atoms with E-state index in [1.807, 2.05) is 18.4 Å². The predicted molar refractivity (Wildman–Crippen MR) is 132 cm³/mol. The van der Waals surface area contributed by atoms with Crippen LogP contribution < -0.4 is 5.73 Å². The molecule has 0 spiro atoms. The van der Waals surface area contributed by atoms with Gasteiger partial charge < -0.3 is 26.2 Å². The third kappa shape index (κ3) is 3.11. The molecule has 1 heterocycles. The number of likely N-dealkylation sites (N-methyl/N-ethyl adjacent to an activating group) is 1. The number of aliphatic hydroxyl groups excluding tert-OH is 2. The maximum atomic E-state index is 13.8. The minimum atomic E-state index is -2.64. The van der Waals surface area contributed by atoms with Crippen molar-refractivity contribution in [1.29, 1.82) is 0 Å². The standard InChI is InChI=1S/C26H26N2O7S/c1-10-6-16(36-9-10)12-4-5-15(29)18-13(12)7-11-8-14-20(28(2)3)22(31)19(25(27)34)24(33)26(14,35)23(32)17(11)21(18)30/h4-6,9,11,14,20,29-30,33,35H,7-8H2,1-3H3,(H2,27,34)/t11-,14-,20-,26-/m0/s1. The second kappa shape index (κ2) is 8.02. The maximum absolute atomic E-state index is 13.8. The second-order valence-electron chi connectivity index (χ2n) is 9.94. The van der Waals surface area contributed by atoms with Crippen LogP contribution in [0.2, 0.25) is 0 Å². The summed E-state index contributed by atoms with van der Waals surface area (Å²) in [6.07, 6.45) is 0.319. The normalized spacial score (nSPS) is 27.8. The molecule has 36 heavy (non-hydrogen) atoms. The molecule has 0 radical (unpaired) electrons. The van der Waals surface area contributed by atoms with E-state index in [-0.39, 0.29) is 29.7 Å². The number of benzene rings is 1. The molecule has 1 fully saturated rings. The van der Waals surface area contributed by atoms with Crippen LogP contribution >= 0.6 is 11.3 Å². The van der Waals surface area contributed by atoms with Gasteiger partial charge in [-0.15, -0.1) is 11.3 Å². The lowest BCUT2D eigenvalue weighted by Crippen LogP contribution is -2.65. The minimum absolute atomic E-state index is 0.0598. The van der Waals surface area contributed by atoms with E-state index in [4.69, 9.17) is 5.73 Å². The topological polar surface area (TPSA) is 161 Å². The molecule has 5 rings (SSSR count). The van der Waals surface area contributed by atoms with E-state index in [9.17, 15) is 34.8 Å². The Balaban J connectivity index is 1.75. The average Bonchev–Trinajstić information content (AvgIpc) is 3.22. The van der Waals surface area contributed by atoms with Crippen LogP contribution in [0.3, 0.4) is 0 Å². The summed E-state index contributed by atoms with van der Waals surface area (Å²) in [4.78, 5) is 41.5. The number of nitrogens with zero attached hydrogens (tertiary/aromatic N) is 1. The quantitative estimate of drug-likeness (QED) is 0.392. The number of aryl methyl sites for hydroxylation is 1. The highest BCUT2D eigenvalue weighted by Gasteiger charge is 2.64. The summed E-state index contributed by atoms with van der Waals surface area (Å²) in [6, 6.07) is 4.09. The molecule has 0 saturated heterocycles. The highest BCUT2D eigenvalue weighted by atomic mass is 32.1. The number of rotatable bonds is 3. The van der Waals surface area contributed by atoms with Gasteiger partial charge in [0, 0.05) is 16.4 Å². The number of amides is 1. The number of thiophene rings is 1. The SMILES string of the molecule is Cc1csc(-c2ccc(O)c3c2C[C@H]2C[C@H]4[C@H](N(C)C)C(=O)C(C(N)=O)=C(O)[C@@]4(O)C(=O)C2=C3O)c1. The minimum Gasteiger partial charge on any atom is -0.508 e. The highest BCUT2D eigenvalue weighted by molar-refractivity contribution is 7.13. The van der Waals surface area contributed by atoms with E-state index in [1.165, 1.54) is 22.3 Å². The molecule has 1 saturated carbocycles. The molecule has 0 unspecified atom stereocenters. The molecule has 188 valence electrons. The maximum Gasteiger partial charge on any atom is 0.255 e. The lowest BCUT2D eigenvalue weighted by atomic mass is 9.57. The van der Waals surface area contributed by atoms with E-state index in [2.05, 4.69) is 0 Å². The Morgan fingerprint density at radius 1 is 1.19 bits per heavy atom. The van der Waals surface area contributed by atoms with Gasteiger partial charge in [0.15, 0.2) is 11.4 Å². The van der Waals surface area contributed by atoms with Crippen molar-refractivity contribution in [3.8, 4) is 16.2 Å². The first-order chi connectivity index (χ1) is 16.9. The van der Waals surface area contributed by atoms with Gasteiger partial charge in [-0.1, -0.05) is 0 Å². The summed E-state index contributed by atoms with van der Waals surface area (Å²) >= 11 is 1.52. The zero-order chi connectivity index (χ0) is 26.3. The van der Waals surface area contributed by atoms with E-state index >= 15 is 0 Å². The van der Waals surface area contributed by atoms with Crippen LogP contribution in [0, 0.1) is 18.8 Å². The average molecular weight is 511 g/mol. The summed E-state index contributed by atoms with van der Waals surface area (Å²) in [5.41, 5.74) is 4.34. The van der Waals surface area contributed by atoms with Gasteiger partial charge in [0.25, 0.3) is 5.91 Å². The van der Waals surface area contributed by atoms with E-state index < -0.39 is 58.0 Å². The fourth-order valence-corrected chi connectivity index (χ4v) is 7.00. The molecule has 2 aromatic rings. The molecule has 3 aliphatic rings. The van der Waals surface area contributed by atoms with Crippen LogP contribution in [0.1, 0.15) is 23.1 Å². The fourth-order valence-electron chi connectivity index (χ4n) is 6.05. The van der Waals surface area contributed by atoms with E-state index in [0.29, 0.717) is 5.56 Å². The van der Waals surface area contributed by atoms with Crippen LogP contribution in [0.15, 0.2) is 40.5 Å². The largest absolute Gasteiger partial charge is 0.508 e. The third-order valence-electron chi connectivity index (χ3n) is 7.60. The number of aliphatic hydroxyl groups is 3. The number of hydrogen-bond acceptors (Lipinski definition) is 9. The van der Waals surface area contributed by atoms with Gasteiger partial charge in [-0.2, -0.15) is 0 Å². The number of Topliss-reactive ketones (excluding diaryl/α,β-unsaturated/α-hetero) is 2. The Morgan fingerprint density at radius 2 is 1.89 bits per heavy atom. The molecule has 9 nitrogen and oxygen atoms in total. The third-order valence-corrected chi connectivity index (χ3v) is 8.68. The van der Waals surface area contributed by atoms with Gasteiger partial charge in [0.1, 0.15) is 22.8 Å². The van der Waals surface area contributed by atoms with Crippen molar-refractivity contribution in [2.75, 3.05) is 14.1 Å². The molecular weight excluding hydrogens is 484 g/mol. The Bertz CT molecular complexity index is 1420. The number of carbonyl (C=O) groups excluding carboxylic acids is 3. The molecule has 3 aliphatic carbocycles. The smallest absolute Gasteiger partial charge is 0.255 e. The van der Waals surface area contributed by atoms with Gasteiger partial charge >= 0.3 is 0 Å². The second-order valence-corrected chi connectivity index (χ2v) is 10.8. The summed E-state index contributed by atoms with van der Waals surface area (Å²) in [5, 5.41) is 46.5. The number of phenolic OH excluding ortho intramolecular Hbond substituents is 1. The predicted octanol–water partition coefficient (Wildman–Crippen LogP) is 2.00. The van der Waals surface area contributed by atoms with E-state index in [0.717, 1.165) is 16.0 Å². The number of aromatic hydroxyl groups is 1. The molecule has 1 aromatic carbocycles. The van der Waals surface area contributed by atoms with Crippen LogP contribution in [0.5, 0.6) is 5.75 Å². The summed E-state index contributed by atoms with van der Waals surface area (Å²) in [7, 11) is 3.14. The summed E-state index contributed by atoms with van der Waals surface area (Å²) in [5.74, 6) is -6.55. The van der Waals surface area contributed by atoms with Gasteiger partial charge in [0.2, 0.25) is 5.78 Å². The summed E-state index contributed by atoms with van der Waals surface area (Å²) < 4.78 is 0. The number of carbonyl (C=O) groups is 3. The molecule has 0 aliphatic heterocycles. The fraction of sp³-hybridized carbons (Fsp3) is 0.346. The molecular formula is C26H26N2O7S. The van der Waals surface area contributed by atoms with Crippen molar-refractivity contribution >= 4 is 34.6 Å². The van der Waals surface area contributed by atoms with Crippen LogP contribution in [-0.2, 0) is 20.8 Å². The lowest BCUT2D eigenvalue weighted by Gasteiger charge is -2.50. The monoisotopic (exact) mass is 510 g/mol. The Labute approximate surface area is 210 Å². The van der Waals surface area contributed by atoms with Crippen molar-refractivity contribution in [3.05, 3.63) is 57.2 Å². The molecule has 6 N–H and O–H groups in total.